The first-order chi connectivity index (χ1) is 16.2. The summed E-state index contributed by atoms with van der Waals surface area (Å²) in [5.41, 5.74) is 2.57. The Morgan fingerprint density at radius 2 is 1.71 bits per heavy atom. The van der Waals surface area contributed by atoms with Gasteiger partial charge >= 0.3 is 0 Å². The average molecular weight is 458 g/mol. The van der Waals surface area contributed by atoms with Crippen molar-refractivity contribution in [2.45, 2.75) is 19.9 Å². The van der Waals surface area contributed by atoms with E-state index in [-0.39, 0.29) is 16.8 Å². The monoisotopic (exact) mass is 458 g/mol. The summed E-state index contributed by atoms with van der Waals surface area (Å²) >= 11 is 0. The normalized spacial score (nSPS) is 17.1. The first-order valence-corrected chi connectivity index (χ1v) is 10.5. The molecule has 8 heteroatoms. The van der Waals surface area contributed by atoms with Gasteiger partial charge in [0.1, 0.15) is 11.5 Å². The molecule has 172 valence electrons. The highest BCUT2D eigenvalue weighted by Crippen LogP contribution is 2.43. The minimum atomic E-state index is -0.939. The van der Waals surface area contributed by atoms with E-state index in [4.69, 9.17) is 4.74 Å². The molecule has 1 fully saturated rings. The number of nitro benzene ring substituents is 1. The quantitative estimate of drug-likeness (QED) is 0.192. The van der Waals surface area contributed by atoms with Crippen LogP contribution in [0.15, 0.2) is 72.3 Å². The van der Waals surface area contributed by atoms with Gasteiger partial charge in [-0.2, -0.15) is 0 Å². The summed E-state index contributed by atoms with van der Waals surface area (Å²) in [6.45, 7) is 3.76. The summed E-state index contributed by atoms with van der Waals surface area (Å²) in [5.74, 6) is -1.55. The molecule has 1 heterocycles. The lowest BCUT2D eigenvalue weighted by Crippen LogP contribution is -2.30. The number of benzene rings is 3. The van der Waals surface area contributed by atoms with Crippen LogP contribution in [-0.4, -0.2) is 28.8 Å². The molecule has 3 aromatic rings. The molecule has 0 bridgehead atoms. The number of anilines is 1. The standard InChI is InChI=1S/C26H22N2O6/c1-15-6-4-9-21(16(15)2)27-23(17-10-12-20(34-3)13-11-17)22(25(30)26(27)31)24(29)18-7-5-8-19(14-18)28(32)33/h4-14,23,29H,1-3H3/b24-22+. The summed E-state index contributed by atoms with van der Waals surface area (Å²) in [5, 5.41) is 22.4. The zero-order valence-corrected chi connectivity index (χ0v) is 18.8. The number of nitro groups is 1. The van der Waals surface area contributed by atoms with E-state index < -0.39 is 28.4 Å². The van der Waals surface area contributed by atoms with E-state index >= 15 is 0 Å². The number of amides is 1. The number of non-ortho nitro benzene ring substituents is 1. The number of methoxy groups -OCH3 is 1. The minimum Gasteiger partial charge on any atom is -0.507 e. The van der Waals surface area contributed by atoms with E-state index in [1.54, 1.807) is 36.4 Å². The van der Waals surface area contributed by atoms with E-state index in [1.807, 2.05) is 19.9 Å². The Morgan fingerprint density at radius 1 is 1.03 bits per heavy atom. The largest absolute Gasteiger partial charge is 0.507 e. The third kappa shape index (κ3) is 3.79. The Hall–Kier alpha value is -4.46. The number of hydrogen-bond acceptors (Lipinski definition) is 6. The fourth-order valence-electron chi connectivity index (χ4n) is 4.10. The number of Topliss-reactive ketones (excluding diaryl/α,β-unsaturated/α-hetero) is 1. The summed E-state index contributed by atoms with van der Waals surface area (Å²) in [6, 6.07) is 16.7. The number of hydrogen-bond donors (Lipinski definition) is 1. The van der Waals surface area contributed by atoms with Gasteiger partial charge in [-0.05, 0) is 48.7 Å². The summed E-state index contributed by atoms with van der Waals surface area (Å²) < 4.78 is 5.23. The van der Waals surface area contributed by atoms with Crippen LogP contribution in [0.4, 0.5) is 11.4 Å². The highest BCUT2D eigenvalue weighted by Gasteiger charge is 2.47. The summed E-state index contributed by atoms with van der Waals surface area (Å²) in [6.07, 6.45) is 0. The van der Waals surface area contributed by atoms with E-state index in [0.717, 1.165) is 11.1 Å². The van der Waals surface area contributed by atoms with Gasteiger partial charge < -0.3 is 9.84 Å². The molecule has 1 amide bonds. The van der Waals surface area contributed by atoms with Crippen molar-refractivity contribution < 1.29 is 24.4 Å². The van der Waals surface area contributed by atoms with Crippen LogP contribution in [-0.2, 0) is 9.59 Å². The maximum absolute atomic E-state index is 13.3. The van der Waals surface area contributed by atoms with Gasteiger partial charge in [-0.25, -0.2) is 0 Å². The SMILES string of the molecule is COc1ccc(C2/C(=C(\O)c3cccc([N+](=O)[O-])c3)C(=O)C(=O)N2c2cccc(C)c2C)cc1. The maximum atomic E-state index is 13.3. The highest BCUT2D eigenvalue weighted by atomic mass is 16.6. The maximum Gasteiger partial charge on any atom is 0.300 e. The molecular weight excluding hydrogens is 436 g/mol. The van der Waals surface area contributed by atoms with Gasteiger partial charge in [0.15, 0.2) is 0 Å². The lowest BCUT2D eigenvalue weighted by atomic mass is 9.94. The second kappa shape index (κ2) is 8.82. The second-order valence-electron chi connectivity index (χ2n) is 7.97. The van der Waals surface area contributed by atoms with Crippen LogP contribution in [0, 0.1) is 24.0 Å². The molecule has 1 saturated heterocycles. The Kier molecular flexibility index (Phi) is 5.89. The highest BCUT2D eigenvalue weighted by molar-refractivity contribution is 6.51. The number of aliphatic hydroxyl groups excluding tert-OH is 1. The summed E-state index contributed by atoms with van der Waals surface area (Å²) in [7, 11) is 1.53. The molecule has 0 radical (unpaired) electrons. The average Bonchev–Trinajstić information content (AvgIpc) is 3.10. The third-order valence-electron chi connectivity index (χ3n) is 6.04. The number of carbonyl (C=O) groups excluding carboxylic acids is 2. The Balaban J connectivity index is 1.97. The second-order valence-corrected chi connectivity index (χ2v) is 7.97. The molecule has 4 rings (SSSR count). The molecule has 0 spiro atoms. The van der Waals surface area contributed by atoms with E-state index in [2.05, 4.69) is 0 Å². The topological polar surface area (TPSA) is 110 Å². The molecule has 34 heavy (non-hydrogen) atoms. The van der Waals surface area contributed by atoms with Crippen LogP contribution in [0.5, 0.6) is 5.75 Å². The number of ketones is 1. The van der Waals surface area contributed by atoms with Gasteiger partial charge in [0.25, 0.3) is 17.4 Å². The number of carbonyl (C=O) groups is 2. The number of aliphatic hydroxyl groups is 1. The number of rotatable bonds is 5. The fraction of sp³-hybridized carbons (Fsp3) is 0.154. The van der Waals surface area contributed by atoms with Gasteiger partial charge in [0.05, 0.1) is 23.6 Å². The van der Waals surface area contributed by atoms with E-state index in [1.165, 1.54) is 36.3 Å². The van der Waals surface area contributed by atoms with Crippen LogP contribution < -0.4 is 9.64 Å². The molecule has 3 aromatic carbocycles. The van der Waals surface area contributed by atoms with Crippen LogP contribution in [0.25, 0.3) is 5.76 Å². The van der Waals surface area contributed by atoms with Gasteiger partial charge in [-0.15, -0.1) is 0 Å². The molecule has 1 unspecified atom stereocenters. The lowest BCUT2D eigenvalue weighted by Gasteiger charge is -2.27. The molecule has 1 aliphatic heterocycles. The van der Waals surface area contributed by atoms with Gasteiger partial charge in [0.2, 0.25) is 0 Å². The van der Waals surface area contributed by atoms with Crippen molar-refractivity contribution in [3.8, 4) is 5.75 Å². The van der Waals surface area contributed by atoms with Crippen LogP contribution >= 0.6 is 0 Å². The zero-order chi connectivity index (χ0) is 24.6. The van der Waals surface area contributed by atoms with Gasteiger partial charge in [0, 0.05) is 23.4 Å². The molecular formula is C26H22N2O6. The first-order valence-electron chi connectivity index (χ1n) is 10.5. The van der Waals surface area contributed by atoms with E-state index in [0.29, 0.717) is 17.0 Å². The third-order valence-corrected chi connectivity index (χ3v) is 6.04. The van der Waals surface area contributed by atoms with Gasteiger partial charge in [-0.1, -0.05) is 36.4 Å². The van der Waals surface area contributed by atoms with Crippen molar-refractivity contribution in [1.82, 2.24) is 0 Å². The molecule has 0 aromatic heterocycles. The van der Waals surface area contributed by atoms with Crippen LogP contribution in [0.3, 0.4) is 0 Å². The first kappa shape index (κ1) is 22.7. The number of aryl methyl sites for hydroxylation is 1. The zero-order valence-electron chi connectivity index (χ0n) is 18.8. The van der Waals surface area contributed by atoms with Crippen LogP contribution in [0.2, 0.25) is 0 Å². The van der Waals surface area contributed by atoms with Crippen molar-refractivity contribution >= 4 is 28.8 Å². The Labute approximate surface area is 195 Å². The predicted octanol–water partition coefficient (Wildman–Crippen LogP) is 4.85. The number of nitrogens with zero attached hydrogens (tertiary/aromatic N) is 2. The molecule has 8 nitrogen and oxygen atoms in total. The van der Waals surface area contributed by atoms with Crippen molar-refractivity contribution in [2.75, 3.05) is 12.0 Å². The van der Waals surface area contributed by atoms with Crippen molar-refractivity contribution in [3.05, 3.63) is 105 Å². The van der Waals surface area contributed by atoms with Crippen molar-refractivity contribution in [3.63, 3.8) is 0 Å². The van der Waals surface area contributed by atoms with Crippen molar-refractivity contribution in [2.24, 2.45) is 0 Å². The number of ether oxygens (including phenoxy) is 1. The predicted molar refractivity (Wildman–Crippen MR) is 127 cm³/mol. The summed E-state index contributed by atoms with van der Waals surface area (Å²) in [4.78, 5) is 38.6. The van der Waals surface area contributed by atoms with Crippen LogP contribution in [0.1, 0.15) is 28.3 Å². The minimum absolute atomic E-state index is 0.0756. The van der Waals surface area contributed by atoms with Crippen molar-refractivity contribution in [1.29, 1.82) is 0 Å². The van der Waals surface area contributed by atoms with Gasteiger partial charge in [-0.3, -0.25) is 24.6 Å². The van der Waals surface area contributed by atoms with E-state index in [9.17, 15) is 24.8 Å². The molecule has 1 N–H and O–H groups in total. The molecule has 1 atom stereocenters. The Morgan fingerprint density at radius 3 is 2.35 bits per heavy atom. The fourth-order valence-corrected chi connectivity index (χ4v) is 4.10. The molecule has 0 aliphatic carbocycles. The molecule has 0 saturated carbocycles. The molecule has 1 aliphatic rings. The lowest BCUT2D eigenvalue weighted by molar-refractivity contribution is -0.384. The Bertz CT molecular complexity index is 1340. The smallest absolute Gasteiger partial charge is 0.300 e.